The first-order valence-corrected chi connectivity index (χ1v) is 8.50. The van der Waals surface area contributed by atoms with Crippen LogP contribution in [0.1, 0.15) is 64.9 Å². The molecule has 0 bridgehead atoms. The van der Waals surface area contributed by atoms with Crippen LogP contribution >= 0.6 is 0 Å². The summed E-state index contributed by atoms with van der Waals surface area (Å²) in [5.74, 6) is 0.727. The molecule has 0 saturated heterocycles. The summed E-state index contributed by atoms with van der Waals surface area (Å²) in [6.45, 7) is 8.57. The normalized spacial score (nSPS) is 11.4. The SMILES string of the molecule is CC.CCCCC(CC)c1ccc(-c2ccccc2)cc1. The van der Waals surface area contributed by atoms with Crippen LogP contribution in [0.15, 0.2) is 54.6 Å². The summed E-state index contributed by atoms with van der Waals surface area (Å²) >= 11 is 0. The summed E-state index contributed by atoms with van der Waals surface area (Å²) in [6, 6.07) is 19.7. The third-order valence-electron chi connectivity index (χ3n) is 3.89. The molecule has 0 heterocycles. The van der Waals surface area contributed by atoms with Crippen molar-refractivity contribution in [3.05, 3.63) is 60.2 Å². The van der Waals surface area contributed by atoms with Gasteiger partial charge in [0.1, 0.15) is 0 Å². The highest BCUT2D eigenvalue weighted by Crippen LogP contribution is 2.27. The van der Waals surface area contributed by atoms with Crippen molar-refractivity contribution in [1.82, 2.24) is 0 Å². The molecule has 2 aromatic carbocycles. The van der Waals surface area contributed by atoms with Gasteiger partial charge in [-0.05, 0) is 35.4 Å². The van der Waals surface area contributed by atoms with Gasteiger partial charge in [-0.3, -0.25) is 0 Å². The topological polar surface area (TPSA) is 0 Å². The minimum absolute atomic E-state index is 0.727. The zero-order valence-electron chi connectivity index (χ0n) is 14.1. The Morgan fingerprint density at radius 3 is 1.86 bits per heavy atom. The molecule has 0 spiro atoms. The summed E-state index contributed by atoms with van der Waals surface area (Å²) in [6.07, 6.45) is 5.18. The second kappa shape index (κ2) is 10.2. The highest BCUT2D eigenvalue weighted by atomic mass is 14.1. The third-order valence-corrected chi connectivity index (χ3v) is 3.89. The van der Waals surface area contributed by atoms with E-state index in [0.717, 1.165) is 5.92 Å². The van der Waals surface area contributed by atoms with Gasteiger partial charge in [-0.15, -0.1) is 0 Å². The lowest BCUT2D eigenvalue weighted by molar-refractivity contribution is 0.570. The van der Waals surface area contributed by atoms with E-state index in [1.165, 1.54) is 42.4 Å². The van der Waals surface area contributed by atoms with Crippen molar-refractivity contribution in [3.63, 3.8) is 0 Å². The van der Waals surface area contributed by atoms with E-state index in [0.29, 0.717) is 0 Å². The molecule has 0 aliphatic heterocycles. The molecule has 0 radical (unpaired) electrons. The predicted octanol–water partition coefficient (Wildman–Crippen LogP) is 7.06. The van der Waals surface area contributed by atoms with Crippen molar-refractivity contribution < 1.29 is 0 Å². The highest BCUT2D eigenvalue weighted by molar-refractivity contribution is 5.63. The Labute approximate surface area is 131 Å². The molecular weight excluding hydrogens is 252 g/mol. The van der Waals surface area contributed by atoms with Crippen molar-refractivity contribution in [2.24, 2.45) is 0 Å². The molecule has 0 nitrogen and oxygen atoms in total. The average molecular weight is 282 g/mol. The van der Waals surface area contributed by atoms with E-state index in [1.807, 2.05) is 13.8 Å². The molecule has 0 fully saturated rings. The molecule has 0 amide bonds. The van der Waals surface area contributed by atoms with Crippen LogP contribution in [-0.2, 0) is 0 Å². The number of benzene rings is 2. The lowest BCUT2D eigenvalue weighted by atomic mass is 9.90. The zero-order chi connectivity index (χ0) is 15.5. The molecule has 2 rings (SSSR count). The van der Waals surface area contributed by atoms with Crippen LogP contribution in [0.2, 0.25) is 0 Å². The van der Waals surface area contributed by atoms with E-state index in [1.54, 1.807) is 0 Å². The molecule has 0 saturated carbocycles. The van der Waals surface area contributed by atoms with Gasteiger partial charge in [-0.1, -0.05) is 95.1 Å². The molecule has 1 unspecified atom stereocenters. The van der Waals surface area contributed by atoms with Gasteiger partial charge in [0.15, 0.2) is 0 Å². The minimum atomic E-state index is 0.727. The lowest BCUT2D eigenvalue weighted by Crippen LogP contribution is -1.97. The zero-order valence-corrected chi connectivity index (χ0v) is 14.1. The second-order valence-electron chi connectivity index (χ2n) is 5.24. The standard InChI is InChI=1S/C19H24.C2H6/c1-3-5-9-16(4-2)18-12-14-19(15-13-18)17-10-7-6-8-11-17;1-2/h6-8,10-16H,3-5,9H2,1-2H3;1-2H3. The van der Waals surface area contributed by atoms with Crippen LogP contribution < -0.4 is 0 Å². The van der Waals surface area contributed by atoms with E-state index < -0.39 is 0 Å². The van der Waals surface area contributed by atoms with E-state index in [-0.39, 0.29) is 0 Å². The first kappa shape index (κ1) is 17.5. The maximum Gasteiger partial charge on any atom is -0.0165 e. The Balaban J connectivity index is 0.00000106. The first-order chi connectivity index (χ1) is 10.3. The van der Waals surface area contributed by atoms with Gasteiger partial charge in [0.05, 0.1) is 0 Å². The fourth-order valence-electron chi connectivity index (χ4n) is 2.64. The van der Waals surface area contributed by atoms with Crippen LogP contribution in [-0.4, -0.2) is 0 Å². The monoisotopic (exact) mass is 282 g/mol. The Hall–Kier alpha value is -1.56. The molecule has 0 aliphatic carbocycles. The Morgan fingerprint density at radius 1 is 0.762 bits per heavy atom. The first-order valence-electron chi connectivity index (χ1n) is 8.50. The Kier molecular flexibility index (Phi) is 8.50. The van der Waals surface area contributed by atoms with Crippen LogP contribution in [0.25, 0.3) is 11.1 Å². The largest absolute Gasteiger partial charge is 0.0683 e. The molecule has 21 heavy (non-hydrogen) atoms. The quantitative estimate of drug-likeness (QED) is 0.532. The minimum Gasteiger partial charge on any atom is -0.0683 e. The maximum absolute atomic E-state index is 2.31. The maximum atomic E-state index is 2.31. The summed E-state index contributed by atoms with van der Waals surface area (Å²) in [5.41, 5.74) is 4.11. The van der Waals surface area contributed by atoms with E-state index >= 15 is 0 Å². The number of unbranched alkanes of at least 4 members (excludes halogenated alkanes) is 1. The Bertz CT molecular complexity index is 467. The van der Waals surface area contributed by atoms with Crippen LogP contribution in [0.5, 0.6) is 0 Å². The summed E-state index contributed by atoms with van der Waals surface area (Å²) in [5, 5.41) is 0. The van der Waals surface area contributed by atoms with Crippen molar-refractivity contribution >= 4 is 0 Å². The van der Waals surface area contributed by atoms with E-state index in [2.05, 4.69) is 68.4 Å². The summed E-state index contributed by atoms with van der Waals surface area (Å²) < 4.78 is 0. The van der Waals surface area contributed by atoms with Gasteiger partial charge in [-0.25, -0.2) is 0 Å². The number of hydrogen-bond donors (Lipinski definition) is 0. The lowest BCUT2D eigenvalue weighted by Gasteiger charge is -2.15. The van der Waals surface area contributed by atoms with E-state index in [9.17, 15) is 0 Å². The van der Waals surface area contributed by atoms with E-state index in [4.69, 9.17) is 0 Å². The van der Waals surface area contributed by atoms with Crippen LogP contribution in [0, 0.1) is 0 Å². The Morgan fingerprint density at radius 2 is 1.33 bits per heavy atom. The van der Waals surface area contributed by atoms with Gasteiger partial charge < -0.3 is 0 Å². The molecule has 114 valence electrons. The summed E-state index contributed by atoms with van der Waals surface area (Å²) in [7, 11) is 0. The van der Waals surface area contributed by atoms with Gasteiger partial charge in [-0.2, -0.15) is 0 Å². The average Bonchev–Trinajstić information content (AvgIpc) is 2.59. The molecule has 1 atom stereocenters. The molecule has 0 heteroatoms. The van der Waals surface area contributed by atoms with Crippen molar-refractivity contribution in [2.45, 2.75) is 59.3 Å². The van der Waals surface area contributed by atoms with Crippen LogP contribution in [0.3, 0.4) is 0 Å². The van der Waals surface area contributed by atoms with Crippen LogP contribution in [0.4, 0.5) is 0 Å². The van der Waals surface area contributed by atoms with Gasteiger partial charge >= 0.3 is 0 Å². The predicted molar refractivity (Wildman–Crippen MR) is 95.8 cm³/mol. The number of hydrogen-bond acceptors (Lipinski definition) is 0. The number of rotatable bonds is 6. The fraction of sp³-hybridized carbons (Fsp3) is 0.429. The molecule has 0 aromatic heterocycles. The molecular formula is C21H30. The summed E-state index contributed by atoms with van der Waals surface area (Å²) in [4.78, 5) is 0. The molecule has 2 aromatic rings. The highest BCUT2D eigenvalue weighted by Gasteiger charge is 2.08. The van der Waals surface area contributed by atoms with Crippen molar-refractivity contribution in [3.8, 4) is 11.1 Å². The van der Waals surface area contributed by atoms with Crippen molar-refractivity contribution in [2.75, 3.05) is 0 Å². The molecule has 0 aliphatic rings. The molecule has 0 N–H and O–H groups in total. The van der Waals surface area contributed by atoms with Gasteiger partial charge in [0, 0.05) is 0 Å². The fourth-order valence-corrected chi connectivity index (χ4v) is 2.64. The smallest absolute Gasteiger partial charge is 0.0165 e. The third kappa shape index (κ3) is 5.38. The van der Waals surface area contributed by atoms with Gasteiger partial charge in [0.2, 0.25) is 0 Å². The van der Waals surface area contributed by atoms with Gasteiger partial charge in [0.25, 0.3) is 0 Å². The van der Waals surface area contributed by atoms with Crippen molar-refractivity contribution in [1.29, 1.82) is 0 Å². The second-order valence-corrected chi connectivity index (χ2v) is 5.24.